The molecule has 100 valence electrons. The van der Waals surface area contributed by atoms with E-state index in [9.17, 15) is 0 Å². The Morgan fingerprint density at radius 3 is 2.47 bits per heavy atom. The molecule has 0 fully saturated rings. The predicted molar refractivity (Wildman–Crippen MR) is 81.3 cm³/mol. The normalized spacial score (nSPS) is 11.3. The number of nitrogens with one attached hydrogen (secondary N) is 1. The zero-order chi connectivity index (χ0) is 13.9. The van der Waals surface area contributed by atoms with Crippen molar-refractivity contribution in [1.82, 2.24) is 4.98 Å². The van der Waals surface area contributed by atoms with E-state index in [4.69, 9.17) is 5.73 Å². The quantitative estimate of drug-likeness (QED) is 0.824. The maximum atomic E-state index is 6.02. The van der Waals surface area contributed by atoms with Crippen molar-refractivity contribution in [3.63, 3.8) is 0 Å². The van der Waals surface area contributed by atoms with E-state index in [1.165, 1.54) is 11.1 Å². The second kappa shape index (κ2) is 5.31. The fraction of sp³-hybridized carbons (Fsp3) is 0.312. The molecule has 1 heterocycles. The highest BCUT2D eigenvalue weighted by molar-refractivity contribution is 5.67. The third-order valence-corrected chi connectivity index (χ3v) is 3.39. The zero-order valence-corrected chi connectivity index (χ0v) is 11.8. The molecule has 0 radical (unpaired) electrons. The molecular formula is C16H21N3. The van der Waals surface area contributed by atoms with Crippen LogP contribution in [0.5, 0.6) is 0 Å². The molecule has 0 atom stereocenters. The summed E-state index contributed by atoms with van der Waals surface area (Å²) in [5, 5.41) is 3.43. The topological polar surface area (TPSA) is 50.9 Å². The molecule has 0 amide bonds. The van der Waals surface area contributed by atoms with Crippen LogP contribution in [-0.2, 0) is 5.41 Å². The van der Waals surface area contributed by atoms with Crippen LogP contribution in [-0.4, -0.2) is 11.5 Å². The summed E-state index contributed by atoms with van der Waals surface area (Å²) in [4.78, 5) is 4.06. The van der Waals surface area contributed by atoms with Crippen molar-refractivity contribution < 1.29 is 0 Å². The van der Waals surface area contributed by atoms with E-state index >= 15 is 0 Å². The zero-order valence-electron chi connectivity index (χ0n) is 11.8. The van der Waals surface area contributed by atoms with Crippen LogP contribution in [0, 0.1) is 6.92 Å². The molecule has 3 N–H and O–H groups in total. The molecule has 0 aliphatic rings. The van der Waals surface area contributed by atoms with Crippen LogP contribution in [0.1, 0.15) is 25.0 Å². The number of benzene rings is 1. The summed E-state index contributed by atoms with van der Waals surface area (Å²) in [7, 11) is 0. The number of hydrogen-bond acceptors (Lipinski definition) is 3. The van der Waals surface area contributed by atoms with Crippen LogP contribution in [0.15, 0.2) is 42.7 Å². The molecule has 0 saturated carbocycles. The number of hydrogen-bond donors (Lipinski definition) is 2. The third kappa shape index (κ3) is 3.25. The van der Waals surface area contributed by atoms with Gasteiger partial charge in [0.1, 0.15) is 0 Å². The lowest BCUT2D eigenvalue weighted by Crippen LogP contribution is -2.27. The Balaban J connectivity index is 2.09. The lowest BCUT2D eigenvalue weighted by atomic mass is 9.85. The highest BCUT2D eigenvalue weighted by Crippen LogP contribution is 2.25. The summed E-state index contributed by atoms with van der Waals surface area (Å²) in [6, 6.07) is 10.2. The Morgan fingerprint density at radius 1 is 1.16 bits per heavy atom. The van der Waals surface area contributed by atoms with Gasteiger partial charge in [0.2, 0.25) is 0 Å². The van der Waals surface area contributed by atoms with Gasteiger partial charge in [0.25, 0.3) is 0 Å². The fourth-order valence-electron chi connectivity index (χ4n) is 2.06. The van der Waals surface area contributed by atoms with E-state index in [1.54, 1.807) is 0 Å². The van der Waals surface area contributed by atoms with Crippen molar-refractivity contribution in [2.24, 2.45) is 0 Å². The second-order valence-corrected chi connectivity index (χ2v) is 5.56. The van der Waals surface area contributed by atoms with E-state index in [0.29, 0.717) is 0 Å². The first-order chi connectivity index (χ1) is 8.99. The number of anilines is 2. The molecule has 0 spiro atoms. The summed E-state index contributed by atoms with van der Waals surface area (Å²) in [5.74, 6) is 0. The highest BCUT2D eigenvalue weighted by Gasteiger charge is 2.20. The van der Waals surface area contributed by atoms with Crippen LogP contribution in [0.2, 0.25) is 0 Å². The summed E-state index contributed by atoms with van der Waals surface area (Å²) in [5.41, 5.74) is 10.3. The van der Waals surface area contributed by atoms with Crippen LogP contribution >= 0.6 is 0 Å². The Morgan fingerprint density at radius 2 is 1.84 bits per heavy atom. The molecular weight excluding hydrogens is 234 g/mol. The average molecular weight is 255 g/mol. The number of nitrogen functional groups attached to an aromatic ring is 1. The summed E-state index contributed by atoms with van der Waals surface area (Å²) in [6.45, 7) is 7.28. The van der Waals surface area contributed by atoms with Gasteiger partial charge in [-0.25, -0.2) is 0 Å². The van der Waals surface area contributed by atoms with Gasteiger partial charge >= 0.3 is 0 Å². The molecule has 3 heteroatoms. The lowest BCUT2D eigenvalue weighted by molar-refractivity contribution is 0.556. The SMILES string of the molecule is Cc1ccc(NCC(C)(C)c2ccncc2)c(N)c1. The summed E-state index contributed by atoms with van der Waals surface area (Å²) in [6.07, 6.45) is 3.66. The van der Waals surface area contributed by atoms with Crippen LogP contribution < -0.4 is 11.1 Å². The molecule has 0 aliphatic heterocycles. The number of rotatable bonds is 4. The van der Waals surface area contributed by atoms with Gasteiger partial charge in [0.15, 0.2) is 0 Å². The minimum Gasteiger partial charge on any atom is -0.397 e. The Bertz CT molecular complexity index is 547. The molecule has 19 heavy (non-hydrogen) atoms. The smallest absolute Gasteiger partial charge is 0.0574 e. The molecule has 0 unspecified atom stereocenters. The monoisotopic (exact) mass is 255 g/mol. The Hall–Kier alpha value is -2.03. The van der Waals surface area contributed by atoms with E-state index in [1.807, 2.05) is 31.5 Å². The fourth-order valence-corrected chi connectivity index (χ4v) is 2.06. The molecule has 1 aromatic carbocycles. The Kier molecular flexibility index (Phi) is 3.74. The number of pyridine rings is 1. The highest BCUT2D eigenvalue weighted by atomic mass is 14.9. The van der Waals surface area contributed by atoms with Crippen molar-refractivity contribution in [2.45, 2.75) is 26.2 Å². The largest absolute Gasteiger partial charge is 0.397 e. The minimum atomic E-state index is 0.0280. The average Bonchev–Trinajstić information content (AvgIpc) is 2.39. The van der Waals surface area contributed by atoms with Gasteiger partial charge in [-0.2, -0.15) is 0 Å². The second-order valence-electron chi connectivity index (χ2n) is 5.56. The lowest BCUT2D eigenvalue weighted by Gasteiger charge is -2.26. The van der Waals surface area contributed by atoms with Gasteiger partial charge < -0.3 is 11.1 Å². The number of nitrogens with zero attached hydrogens (tertiary/aromatic N) is 1. The van der Waals surface area contributed by atoms with Gasteiger partial charge in [0.05, 0.1) is 11.4 Å². The number of nitrogens with two attached hydrogens (primary N) is 1. The first-order valence-electron chi connectivity index (χ1n) is 6.49. The van der Waals surface area contributed by atoms with Crippen LogP contribution in [0.4, 0.5) is 11.4 Å². The van der Waals surface area contributed by atoms with Gasteiger partial charge in [-0.15, -0.1) is 0 Å². The number of aryl methyl sites for hydroxylation is 1. The van der Waals surface area contributed by atoms with E-state index in [2.05, 4.69) is 42.3 Å². The predicted octanol–water partition coefficient (Wildman–Crippen LogP) is 3.36. The van der Waals surface area contributed by atoms with Crippen molar-refractivity contribution in [3.8, 4) is 0 Å². The van der Waals surface area contributed by atoms with Gasteiger partial charge in [-0.05, 0) is 42.3 Å². The standard InChI is InChI=1S/C16H21N3/c1-12-4-5-15(14(17)10-12)19-11-16(2,3)13-6-8-18-9-7-13/h4-10,19H,11,17H2,1-3H3. The van der Waals surface area contributed by atoms with Crippen LogP contribution in [0.3, 0.4) is 0 Å². The summed E-state index contributed by atoms with van der Waals surface area (Å²) < 4.78 is 0. The molecule has 2 aromatic rings. The van der Waals surface area contributed by atoms with Gasteiger partial charge in [-0.1, -0.05) is 19.9 Å². The molecule has 2 rings (SSSR count). The molecule has 1 aromatic heterocycles. The Labute approximate surface area is 114 Å². The minimum absolute atomic E-state index is 0.0280. The van der Waals surface area contributed by atoms with Crippen LogP contribution in [0.25, 0.3) is 0 Å². The molecule has 3 nitrogen and oxygen atoms in total. The molecule has 0 saturated heterocycles. The molecule has 0 aliphatic carbocycles. The van der Waals surface area contributed by atoms with Gasteiger partial charge in [-0.3, -0.25) is 4.98 Å². The van der Waals surface area contributed by atoms with E-state index in [-0.39, 0.29) is 5.41 Å². The summed E-state index contributed by atoms with van der Waals surface area (Å²) >= 11 is 0. The molecule has 0 bridgehead atoms. The van der Waals surface area contributed by atoms with Gasteiger partial charge in [0, 0.05) is 24.4 Å². The van der Waals surface area contributed by atoms with E-state index in [0.717, 1.165) is 17.9 Å². The maximum Gasteiger partial charge on any atom is 0.0574 e. The first-order valence-corrected chi connectivity index (χ1v) is 6.49. The van der Waals surface area contributed by atoms with Crippen molar-refractivity contribution in [1.29, 1.82) is 0 Å². The van der Waals surface area contributed by atoms with E-state index < -0.39 is 0 Å². The van der Waals surface area contributed by atoms with Crippen molar-refractivity contribution in [2.75, 3.05) is 17.6 Å². The van der Waals surface area contributed by atoms with Crippen molar-refractivity contribution in [3.05, 3.63) is 53.9 Å². The number of aromatic nitrogens is 1. The van der Waals surface area contributed by atoms with Crippen molar-refractivity contribution >= 4 is 11.4 Å². The first kappa shape index (κ1) is 13.4. The maximum absolute atomic E-state index is 6.02. The third-order valence-electron chi connectivity index (χ3n) is 3.39.